The van der Waals surface area contributed by atoms with E-state index < -0.39 is 12.1 Å². The molecule has 1 aromatic carbocycles. The number of hydrogen-bond donors (Lipinski definition) is 3. The predicted molar refractivity (Wildman–Crippen MR) is 73.6 cm³/mol. The number of phenolic OH excluding ortho intramolecular Hbond substituents is 1. The molecule has 2 atom stereocenters. The minimum absolute atomic E-state index is 0.0701. The molecule has 0 saturated heterocycles. The normalized spacial score (nSPS) is 14.3. The Morgan fingerprint density at radius 2 is 1.63 bits per heavy atom. The Hall–Kier alpha value is -1.46. The van der Waals surface area contributed by atoms with Crippen LogP contribution in [0, 0.1) is 5.92 Å². The van der Waals surface area contributed by atoms with Gasteiger partial charge in [-0.15, -0.1) is 0 Å². The second-order valence-corrected chi connectivity index (χ2v) is 5.00. The monoisotopic (exact) mass is 269 g/mol. The van der Waals surface area contributed by atoms with E-state index in [2.05, 4.69) is 0 Å². The van der Waals surface area contributed by atoms with E-state index in [1.165, 1.54) is 14.2 Å². The van der Waals surface area contributed by atoms with Gasteiger partial charge in [-0.05, 0) is 30.0 Å². The van der Waals surface area contributed by atoms with Gasteiger partial charge in [0, 0.05) is 0 Å². The van der Waals surface area contributed by atoms with Crippen molar-refractivity contribution in [1.82, 2.24) is 0 Å². The van der Waals surface area contributed by atoms with Crippen molar-refractivity contribution in [2.45, 2.75) is 32.4 Å². The molecule has 0 unspecified atom stereocenters. The number of hydrogen-bond acceptors (Lipinski definition) is 5. The fraction of sp³-hybridized carbons (Fsp3) is 0.571. The summed E-state index contributed by atoms with van der Waals surface area (Å²) in [6, 6.07) is 2.68. The van der Waals surface area contributed by atoms with Crippen molar-refractivity contribution in [3.63, 3.8) is 0 Å². The quantitative estimate of drug-likeness (QED) is 0.733. The molecule has 0 radical (unpaired) electrons. The number of nitrogens with two attached hydrogens (primary N) is 1. The summed E-state index contributed by atoms with van der Waals surface area (Å²) in [5.74, 6) is 0.837. The first-order valence-corrected chi connectivity index (χ1v) is 6.29. The van der Waals surface area contributed by atoms with E-state index in [1.807, 2.05) is 13.8 Å². The molecule has 0 amide bonds. The maximum Gasteiger partial charge on any atom is 0.200 e. The van der Waals surface area contributed by atoms with Gasteiger partial charge in [-0.1, -0.05) is 13.8 Å². The molecule has 0 spiro atoms. The highest BCUT2D eigenvalue weighted by atomic mass is 16.5. The first-order valence-electron chi connectivity index (χ1n) is 6.29. The summed E-state index contributed by atoms with van der Waals surface area (Å²) in [4.78, 5) is 0. The largest absolute Gasteiger partial charge is 0.502 e. The van der Waals surface area contributed by atoms with Crippen LogP contribution in [0.2, 0.25) is 0 Å². The Morgan fingerprint density at radius 3 is 2.00 bits per heavy atom. The number of aliphatic hydroxyl groups is 1. The SMILES string of the molecule is COc1cc([C@@H](N)[C@@H](O)CC(C)C)cc(OC)c1O. The van der Waals surface area contributed by atoms with E-state index in [0.717, 1.165) is 0 Å². The minimum Gasteiger partial charge on any atom is -0.502 e. The maximum absolute atomic E-state index is 10.1. The number of aliphatic hydroxyl groups excluding tert-OH is 1. The van der Waals surface area contributed by atoms with Crippen molar-refractivity contribution in [3.8, 4) is 17.2 Å². The van der Waals surface area contributed by atoms with E-state index in [-0.39, 0.29) is 17.2 Å². The molecule has 1 rings (SSSR count). The van der Waals surface area contributed by atoms with Crippen LogP contribution in [0.4, 0.5) is 0 Å². The van der Waals surface area contributed by atoms with Crippen LogP contribution >= 0.6 is 0 Å². The molecular formula is C14H23NO4. The third-order valence-electron chi connectivity index (χ3n) is 3.01. The molecule has 4 N–H and O–H groups in total. The van der Waals surface area contributed by atoms with Gasteiger partial charge in [-0.25, -0.2) is 0 Å². The molecule has 0 aromatic heterocycles. The lowest BCUT2D eigenvalue weighted by atomic mass is 9.95. The van der Waals surface area contributed by atoms with E-state index in [1.54, 1.807) is 12.1 Å². The van der Waals surface area contributed by atoms with Gasteiger partial charge in [-0.2, -0.15) is 0 Å². The van der Waals surface area contributed by atoms with Gasteiger partial charge in [-0.3, -0.25) is 0 Å². The minimum atomic E-state index is -0.654. The van der Waals surface area contributed by atoms with Crippen molar-refractivity contribution in [2.24, 2.45) is 11.7 Å². The van der Waals surface area contributed by atoms with Gasteiger partial charge in [0.15, 0.2) is 11.5 Å². The molecule has 1 aromatic rings. The highest BCUT2D eigenvalue weighted by Crippen LogP contribution is 2.39. The second-order valence-electron chi connectivity index (χ2n) is 5.00. The van der Waals surface area contributed by atoms with Crippen molar-refractivity contribution in [1.29, 1.82) is 0 Å². The smallest absolute Gasteiger partial charge is 0.200 e. The molecule has 19 heavy (non-hydrogen) atoms. The third-order valence-corrected chi connectivity index (χ3v) is 3.01. The van der Waals surface area contributed by atoms with Crippen LogP contribution in [0.3, 0.4) is 0 Å². The Bertz CT molecular complexity index is 395. The third kappa shape index (κ3) is 3.75. The van der Waals surface area contributed by atoms with Gasteiger partial charge in [0.2, 0.25) is 5.75 Å². The summed E-state index contributed by atoms with van der Waals surface area (Å²) in [5.41, 5.74) is 6.71. The van der Waals surface area contributed by atoms with E-state index in [0.29, 0.717) is 17.9 Å². The summed E-state index contributed by atoms with van der Waals surface area (Å²) >= 11 is 0. The average Bonchev–Trinajstić information content (AvgIpc) is 2.37. The van der Waals surface area contributed by atoms with Gasteiger partial charge < -0.3 is 25.4 Å². The molecule has 0 aliphatic heterocycles. The van der Waals surface area contributed by atoms with Crippen LogP contribution in [-0.4, -0.2) is 30.5 Å². The van der Waals surface area contributed by atoms with Crippen LogP contribution in [0.5, 0.6) is 17.2 Å². The first-order chi connectivity index (χ1) is 8.90. The number of methoxy groups -OCH3 is 2. The van der Waals surface area contributed by atoms with Crippen molar-refractivity contribution >= 4 is 0 Å². The summed E-state index contributed by atoms with van der Waals surface area (Å²) in [5, 5.41) is 19.9. The van der Waals surface area contributed by atoms with Crippen LogP contribution in [0.25, 0.3) is 0 Å². The molecule has 0 heterocycles. The van der Waals surface area contributed by atoms with E-state index >= 15 is 0 Å². The van der Waals surface area contributed by atoms with Crippen molar-refractivity contribution in [3.05, 3.63) is 17.7 Å². The lowest BCUT2D eigenvalue weighted by Crippen LogP contribution is -2.27. The summed E-state index contributed by atoms with van der Waals surface area (Å²) in [6.07, 6.45) is -0.0499. The maximum atomic E-state index is 10.1. The zero-order chi connectivity index (χ0) is 14.6. The number of aromatic hydroxyl groups is 1. The second kappa shape index (κ2) is 6.63. The average molecular weight is 269 g/mol. The molecule has 0 aliphatic carbocycles. The standard InChI is InChI=1S/C14H23NO4/c1-8(2)5-10(16)13(15)9-6-11(18-3)14(17)12(7-9)19-4/h6-8,10,13,16-17H,5,15H2,1-4H3/t10-,13+/m0/s1. The zero-order valence-electron chi connectivity index (χ0n) is 11.9. The Balaban J connectivity index is 3.05. The van der Waals surface area contributed by atoms with Gasteiger partial charge in [0.05, 0.1) is 26.4 Å². The number of rotatable bonds is 6. The highest BCUT2D eigenvalue weighted by molar-refractivity contribution is 5.53. The number of ether oxygens (including phenoxy) is 2. The predicted octanol–water partition coefficient (Wildman–Crippen LogP) is 1.82. The molecule has 0 fully saturated rings. The van der Waals surface area contributed by atoms with Crippen LogP contribution in [0.15, 0.2) is 12.1 Å². The molecule has 0 aliphatic rings. The van der Waals surface area contributed by atoms with Crippen LogP contribution in [-0.2, 0) is 0 Å². The van der Waals surface area contributed by atoms with Crippen molar-refractivity contribution < 1.29 is 19.7 Å². The van der Waals surface area contributed by atoms with Crippen LogP contribution < -0.4 is 15.2 Å². The molecule has 108 valence electrons. The van der Waals surface area contributed by atoms with E-state index in [4.69, 9.17) is 15.2 Å². The fourth-order valence-corrected chi connectivity index (χ4v) is 1.96. The fourth-order valence-electron chi connectivity index (χ4n) is 1.96. The van der Waals surface area contributed by atoms with Gasteiger partial charge in [0.25, 0.3) is 0 Å². The lowest BCUT2D eigenvalue weighted by Gasteiger charge is -2.22. The molecular weight excluding hydrogens is 246 g/mol. The molecule has 5 heteroatoms. The number of benzene rings is 1. The van der Waals surface area contributed by atoms with E-state index in [9.17, 15) is 10.2 Å². The lowest BCUT2D eigenvalue weighted by molar-refractivity contribution is 0.121. The molecule has 0 saturated carbocycles. The topological polar surface area (TPSA) is 84.9 Å². The summed E-state index contributed by atoms with van der Waals surface area (Å²) in [6.45, 7) is 4.04. The molecule has 5 nitrogen and oxygen atoms in total. The zero-order valence-corrected chi connectivity index (χ0v) is 11.9. The Morgan fingerprint density at radius 1 is 1.16 bits per heavy atom. The van der Waals surface area contributed by atoms with Crippen LogP contribution in [0.1, 0.15) is 31.9 Å². The molecule has 0 bridgehead atoms. The Labute approximate surface area is 114 Å². The first kappa shape index (κ1) is 15.6. The summed E-state index contributed by atoms with van der Waals surface area (Å²) in [7, 11) is 2.91. The van der Waals surface area contributed by atoms with Crippen molar-refractivity contribution in [2.75, 3.05) is 14.2 Å². The Kier molecular flexibility index (Phi) is 5.44. The summed E-state index contributed by atoms with van der Waals surface area (Å²) < 4.78 is 10.1. The highest BCUT2D eigenvalue weighted by Gasteiger charge is 2.21. The van der Waals surface area contributed by atoms with Gasteiger partial charge in [0.1, 0.15) is 0 Å². The number of phenols is 1. The van der Waals surface area contributed by atoms with Gasteiger partial charge >= 0.3 is 0 Å².